The van der Waals surface area contributed by atoms with Crippen molar-refractivity contribution in [1.29, 1.82) is 0 Å². The molecule has 0 fully saturated rings. The molecule has 0 radical (unpaired) electrons. The predicted molar refractivity (Wildman–Crippen MR) is 111 cm³/mol. The van der Waals surface area contributed by atoms with Gasteiger partial charge in [0.1, 0.15) is 0 Å². The maximum Gasteiger partial charge on any atom is 0.251 e. The Bertz CT molecular complexity index is 1020. The van der Waals surface area contributed by atoms with Crippen LogP contribution in [-0.4, -0.2) is 10.6 Å². The highest BCUT2D eigenvalue weighted by Gasteiger charge is 2.29. The standard InChI is InChI=1S/C24H26N2O/c1-16-13-24(27)26-22(17(16)2)12-11-21(25)23(26)15-18-7-6-10-20(14-18)19-8-4-3-5-9-19/h3-10,13-14,21,23H,11-12,15,25H2,1-2H3. The zero-order valence-corrected chi connectivity index (χ0v) is 16.0. The summed E-state index contributed by atoms with van der Waals surface area (Å²) in [5, 5.41) is 0. The van der Waals surface area contributed by atoms with Gasteiger partial charge in [-0.1, -0.05) is 54.6 Å². The van der Waals surface area contributed by atoms with Gasteiger partial charge in [-0.05, 0) is 60.9 Å². The van der Waals surface area contributed by atoms with Crippen molar-refractivity contribution in [1.82, 2.24) is 4.57 Å². The van der Waals surface area contributed by atoms with Gasteiger partial charge in [0.15, 0.2) is 0 Å². The van der Waals surface area contributed by atoms with Crippen molar-refractivity contribution in [2.75, 3.05) is 0 Å². The first-order chi connectivity index (χ1) is 13.0. The van der Waals surface area contributed by atoms with E-state index in [1.807, 2.05) is 17.6 Å². The zero-order valence-electron chi connectivity index (χ0n) is 16.0. The van der Waals surface area contributed by atoms with Gasteiger partial charge in [-0.3, -0.25) is 4.79 Å². The topological polar surface area (TPSA) is 48.0 Å². The average molecular weight is 358 g/mol. The number of aryl methyl sites for hydroxylation is 1. The van der Waals surface area contributed by atoms with Gasteiger partial charge in [-0.25, -0.2) is 0 Å². The minimum Gasteiger partial charge on any atom is -0.326 e. The lowest BCUT2D eigenvalue weighted by atomic mass is 9.88. The number of fused-ring (bicyclic) bond motifs is 1. The number of aromatic nitrogens is 1. The fourth-order valence-corrected chi connectivity index (χ4v) is 4.26. The van der Waals surface area contributed by atoms with Crippen molar-refractivity contribution in [3.05, 3.63) is 93.4 Å². The average Bonchev–Trinajstić information content (AvgIpc) is 2.68. The molecule has 4 rings (SSSR count). The van der Waals surface area contributed by atoms with Crippen LogP contribution in [0.2, 0.25) is 0 Å². The van der Waals surface area contributed by atoms with Crippen molar-refractivity contribution < 1.29 is 0 Å². The summed E-state index contributed by atoms with van der Waals surface area (Å²) in [5.41, 5.74) is 13.6. The summed E-state index contributed by atoms with van der Waals surface area (Å²) in [6.07, 6.45) is 2.58. The normalized spacial score (nSPS) is 18.9. The van der Waals surface area contributed by atoms with E-state index in [4.69, 9.17) is 5.73 Å². The van der Waals surface area contributed by atoms with Crippen LogP contribution in [0.1, 0.15) is 34.8 Å². The lowest BCUT2D eigenvalue weighted by Gasteiger charge is -2.34. The van der Waals surface area contributed by atoms with E-state index >= 15 is 0 Å². The Hall–Kier alpha value is -2.65. The first kappa shape index (κ1) is 17.7. The smallest absolute Gasteiger partial charge is 0.251 e. The minimum absolute atomic E-state index is 0.00214. The number of hydrogen-bond donors (Lipinski definition) is 1. The number of pyridine rings is 1. The summed E-state index contributed by atoms with van der Waals surface area (Å²) >= 11 is 0. The van der Waals surface area contributed by atoms with Crippen LogP contribution in [0.15, 0.2) is 65.5 Å². The third kappa shape index (κ3) is 3.35. The van der Waals surface area contributed by atoms with Crippen LogP contribution in [0.5, 0.6) is 0 Å². The van der Waals surface area contributed by atoms with E-state index in [0.717, 1.165) is 30.5 Å². The molecule has 3 nitrogen and oxygen atoms in total. The second-order valence-corrected chi connectivity index (χ2v) is 7.65. The van der Waals surface area contributed by atoms with Crippen LogP contribution in [0, 0.1) is 13.8 Å². The predicted octanol–water partition coefficient (Wildman–Crippen LogP) is 4.19. The molecule has 1 aliphatic rings. The van der Waals surface area contributed by atoms with Gasteiger partial charge >= 0.3 is 0 Å². The number of nitrogens with zero attached hydrogens (tertiary/aromatic N) is 1. The number of nitrogens with two attached hydrogens (primary N) is 1. The molecule has 138 valence electrons. The Labute approximate surface area is 160 Å². The maximum atomic E-state index is 12.8. The molecule has 0 amide bonds. The Morgan fingerprint density at radius 2 is 1.74 bits per heavy atom. The molecule has 0 saturated carbocycles. The highest BCUT2D eigenvalue weighted by Crippen LogP contribution is 2.29. The molecule has 2 unspecified atom stereocenters. The van der Waals surface area contributed by atoms with Crippen LogP contribution in [0.4, 0.5) is 0 Å². The van der Waals surface area contributed by atoms with Gasteiger partial charge in [-0.15, -0.1) is 0 Å². The van der Waals surface area contributed by atoms with Gasteiger partial charge < -0.3 is 10.3 Å². The van der Waals surface area contributed by atoms with Crippen LogP contribution >= 0.6 is 0 Å². The van der Waals surface area contributed by atoms with E-state index < -0.39 is 0 Å². The van der Waals surface area contributed by atoms with Crippen molar-refractivity contribution in [3.8, 4) is 11.1 Å². The molecule has 2 aromatic carbocycles. The Morgan fingerprint density at radius 1 is 1.00 bits per heavy atom. The number of hydrogen-bond acceptors (Lipinski definition) is 2. The Balaban J connectivity index is 1.72. The third-order valence-electron chi connectivity index (χ3n) is 5.91. The molecule has 2 heterocycles. The summed E-state index contributed by atoms with van der Waals surface area (Å²) < 4.78 is 1.96. The molecule has 1 aliphatic heterocycles. The number of benzene rings is 2. The molecule has 0 saturated heterocycles. The van der Waals surface area contributed by atoms with Crippen LogP contribution in [0.25, 0.3) is 11.1 Å². The fourth-order valence-electron chi connectivity index (χ4n) is 4.26. The van der Waals surface area contributed by atoms with Gasteiger partial charge in [0, 0.05) is 17.8 Å². The van der Waals surface area contributed by atoms with E-state index in [0.29, 0.717) is 0 Å². The van der Waals surface area contributed by atoms with E-state index in [2.05, 4.69) is 55.5 Å². The molecule has 0 spiro atoms. The SMILES string of the molecule is Cc1cc(=O)n2c(c1C)CCC(N)C2Cc1cccc(-c2ccccc2)c1. The van der Waals surface area contributed by atoms with Gasteiger partial charge in [-0.2, -0.15) is 0 Å². The van der Waals surface area contributed by atoms with E-state index in [-0.39, 0.29) is 17.6 Å². The van der Waals surface area contributed by atoms with Crippen molar-refractivity contribution >= 4 is 0 Å². The molecule has 2 N–H and O–H groups in total. The first-order valence-electron chi connectivity index (χ1n) is 9.66. The summed E-state index contributed by atoms with van der Waals surface area (Å²) in [5.74, 6) is 0. The number of rotatable bonds is 3. The lowest BCUT2D eigenvalue weighted by Crippen LogP contribution is -2.44. The molecular weight excluding hydrogens is 332 g/mol. The minimum atomic E-state index is -0.00214. The summed E-state index contributed by atoms with van der Waals surface area (Å²) in [7, 11) is 0. The molecule has 27 heavy (non-hydrogen) atoms. The Kier molecular flexibility index (Phi) is 4.71. The third-order valence-corrected chi connectivity index (χ3v) is 5.91. The Morgan fingerprint density at radius 3 is 2.52 bits per heavy atom. The highest BCUT2D eigenvalue weighted by molar-refractivity contribution is 5.64. The maximum absolute atomic E-state index is 12.8. The molecular formula is C24H26N2O. The summed E-state index contributed by atoms with van der Waals surface area (Å²) in [6, 6.07) is 20.7. The van der Waals surface area contributed by atoms with E-state index in [1.165, 1.54) is 22.3 Å². The molecule has 3 aromatic rings. The van der Waals surface area contributed by atoms with Crippen LogP contribution in [-0.2, 0) is 12.8 Å². The monoisotopic (exact) mass is 358 g/mol. The van der Waals surface area contributed by atoms with Gasteiger partial charge in [0.2, 0.25) is 0 Å². The molecule has 3 heteroatoms. The van der Waals surface area contributed by atoms with Gasteiger partial charge in [0.05, 0.1) is 6.04 Å². The highest BCUT2D eigenvalue weighted by atomic mass is 16.1. The van der Waals surface area contributed by atoms with Gasteiger partial charge in [0.25, 0.3) is 5.56 Å². The van der Waals surface area contributed by atoms with E-state index in [1.54, 1.807) is 6.07 Å². The first-order valence-corrected chi connectivity index (χ1v) is 9.66. The second kappa shape index (κ2) is 7.16. The fraction of sp³-hybridized carbons (Fsp3) is 0.292. The quantitative estimate of drug-likeness (QED) is 0.763. The van der Waals surface area contributed by atoms with Crippen molar-refractivity contribution in [2.45, 2.75) is 45.2 Å². The second-order valence-electron chi connectivity index (χ2n) is 7.65. The molecule has 0 bridgehead atoms. The van der Waals surface area contributed by atoms with Crippen LogP contribution < -0.4 is 11.3 Å². The lowest BCUT2D eigenvalue weighted by molar-refractivity contribution is 0.333. The molecule has 2 atom stereocenters. The van der Waals surface area contributed by atoms with Crippen molar-refractivity contribution in [3.63, 3.8) is 0 Å². The van der Waals surface area contributed by atoms with Crippen LogP contribution in [0.3, 0.4) is 0 Å². The largest absolute Gasteiger partial charge is 0.326 e. The summed E-state index contributed by atoms with van der Waals surface area (Å²) in [4.78, 5) is 12.8. The zero-order chi connectivity index (χ0) is 19.0. The molecule has 0 aliphatic carbocycles. The summed E-state index contributed by atoms with van der Waals surface area (Å²) in [6.45, 7) is 4.13. The molecule has 1 aromatic heterocycles. The van der Waals surface area contributed by atoms with E-state index in [9.17, 15) is 4.79 Å². The van der Waals surface area contributed by atoms with Crippen molar-refractivity contribution in [2.24, 2.45) is 5.73 Å².